The Kier molecular flexibility index (Phi) is 5.12. The number of rotatable bonds is 5. The summed E-state index contributed by atoms with van der Waals surface area (Å²) in [5.41, 5.74) is 3.80. The Balaban J connectivity index is 1.71. The van der Waals surface area contributed by atoms with Crippen LogP contribution in [0.3, 0.4) is 0 Å². The molecule has 0 aliphatic carbocycles. The average molecular weight is 348 g/mol. The van der Waals surface area contributed by atoms with Gasteiger partial charge < -0.3 is 10.6 Å². The molecular formula is C20H20N4O2. The van der Waals surface area contributed by atoms with Crippen LogP contribution in [0.4, 0.5) is 11.4 Å². The molecule has 0 atom stereocenters. The van der Waals surface area contributed by atoms with Gasteiger partial charge in [-0.3, -0.25) is 14.3 Å². The summed E-state index contributed by atoms with van der Waals surface area (Å²) in [4.78, 5) is 23.8. The van der Waals surface area contributed by atoms with Crippen molar-refractivity contribution >= 4 is 23.2 Å². The molecule has 0 radical (unpaired) electrons. The van der Waals surface area contributed by atoms with Crippen molar-refractivity contribution in [2.45, 2.75) is 20.4 Å². The molecule has 26 heavy (non-hydrogen) atoms. The average Bonchev–Trinajstić information content (AvgIpc) is 3.11. The van der Waals surface area contributed by atoms with Gasteiger partial charge in [-0.05, 0) is 48.4 Å². The van der Waals surface area contributed by atoms with Crippen LogP contribution in [-0.4, -0.2) is 21.6 Å². The molecule has 3 rings (SSSR count). The van der Waals surface area contributed by atoms with Crippen LogP contribution in [0.5, 0.6) is 0 Å². The molecule has 2 amide bonds. The van der Waals surface area contributed by atoms with E-state index in [2.05, 4.69) is 15.7 Å². The normalized spacial score (nSPS) is 10.4. The van der Waals surface area contributed by atoms with Crippen LogP contribution in [-0.2, 0) is 11.3 Å². The van der Waals surface area contributed by atoms with Crippen molar-refractivity contribution in [2.24, 2.45) is 0 Å². The van der Waals surface area contributed by atoms with Crippen molar-refractivity contribution in [3.8, 4) is 0 Å². The lowest BCUT2D eigenvalue weighted by Crippen LogP contribution is -2.14. The second kappa shape index (κ2) is 7.65. The summed E-state index contributed by atoms with van der Waals surface area (Å²) in [7, 11) is 0. The monoisotopic (exact) mass is 348 g/mol. The fraction of sp³-hybridized carbons (Fsp3) is 0.150. The molecule has 0 saturated carbocycles. The topological polar surface area (TPSA) is 76.0 Å². The number of nitrogens with zero attached hydrogens (tertiary/aromatic N) is 2. The van der Waals surface area contributed by atoms with E-state index in [0.717, 1.165) is 11.1 Å². The van der Waals surface area contributed by atoms with Crippen molar-refractivity contribution < 1.29 is 9.59 Å². The van der Waals surface area contributed by atoms with Gasteiger partial charge >= 0.3 is 0 Å². The molecule has 0 saturated heterocycles. The molecule has 132 valence electrons. The van der Waals surface area contributed by atoms with Crippen molar-refractivity contribution in [1.82, 2.24) is 9.78 Å². The molecular weight excluding hydrogens is 328 g/mol. The largest absolute Gasteiger partial charge is 0.326 e. The highest BCUT2D eigenvalue weighted by molar-refractivity contribution is 6.05. The SMILES string of the molecule is CC(=O)Nc1cccc(NC(=O)c2ccc(Cn3cccn3)cc2)c1C. The number of amides is 2. The molecule has 3 aromatic rings. The third kappa shape index (κ3) is 4.16. The minimum absolute atomic E-state index is 0.149. The van der Waals surface area contributed by atoms with E-state index in [1.807, 2.05) is 42.1 Å². The summed E-state index contributed by atoms with van der Waals surface area (Å²) >= 11 is 0. The van der Waals surface area contributed by atoms with Gasteiger partial charge in [0.05, 0.1) is 6.54 Å². The lowest BCUT2D eigenvalue weighted by Gasteiger charge is -2.13. The molecule has 0 spiro atoms. The molecule has 1 aromatic heterocycles. The molecule has 0 fully saturated rings. The predicted octanol–water partition coefficient (Wildman–Crippen LogP) is 3.45. The number of benzene rings is 2. The molecule has 0 aliphatic heterocycles. The van der Waals surface area contributed by atoms with E-state index in [-0.39, 0.29) is 11.8 Å². The van der Waals surface area contributed by atoms with Crippen LogP contribution in [0.25, 0.3) is 0 Å². The maximum atomic E-state index is 12.5. The molecule has 6 heteroatoms. The summed E-state index contributed by atoms with van der Waals surface area (Å²) in [5.74, 6) is -0.344. The summed E-state index contributed by atoms with van der Waals surface area (Å²) in [5, 5.41) is 9.82. The van der Waals surface area contributed by atoms with E-state index < -0.39 is 0 Å². The number of anilines is 2. The summed E-state index contributed by atoms with van der Waals surface area (Å²) in [6, 6.07) is 14.7. The molecule has 1 heterocycles. The van der Waals surface area contributed by atoms with Crippen LogP contribution >= 0.6 is 0 Å². The van der Waals surface area contributed by atoms with E-state index in [0.29, 0.717) is 23.5 Å². The maximum Gasteiger partial charge on any atom is 0.255 e. The smallest absolute Gasteiger partial charge is 0.255 e. The molecule has 2 N–H and O–H groups in total. The molecule has 6 nitrogen and oxygen atoms in total. The second-order valence-electron chi connectivity index (χ2n) is 6.01. The lowest BCUT2D eigenvalue weighted by molar-refractivity contribution is -0.114. The van der Waals surface area contributed by atoms with Gasteiger partial charge in [0, 0.05) is 36.3 Å². The first-order valence-electron chi connectivity index (χ1n) is 8.28. The van der Waals surface area contributed by atoms with Gasteiger partial charge in [-0.15, -0.1) is 0 Å². The standard InChI is InChI=1S/C20H20N4O2/c1-14-18(22-15(2)25)5-3-6-19(14)23-20(26)17-9-7-16(8-10-17)13-24-12-4-11-21-24/h3-12H,13H2,1-2H3,(H,22,25)(H,23,26). The van der Waals surface area contributed by atoms with E-state index in [9.17, 15) is 9.59 Å². The van der Waals surface area contributed by atoms with E-state index in [4.69, 9.17) is 0 Å². The zero-order valence-corrected chi connectivity index (χ0v) is 14.7. The van der Waals surface area contributed by atoms with Crippen LogP contribution in [0.2, 0.25) is 0 Å². The van der Waals surface area contributed by atoms with Crippen molar-refractivity contribution in [2.75, 3.05) is 10.6 Å². The number of hydrogen-bond donors (Lipinski definition) is 2. The third-order valence-electron chi connectivity index (χ3n) is 4.01. The summed E-state index contributed by atoms with van der Waals surface area (Å²) < 4.78 is 1.83. The Morgan fingerprint density at radius 3 is 2.31 bits per heavy atom. The van der Waals surface area contributed by atoms with Gasteiger partial charge in [0.25, 0.3) is 5.91 Å². The fourth-order valence-corrected chi connectivity index (χ4v) is 2.63. The summed E-state index contributed by atoms with van der Waals surface area (Å²) in [6.07, 6.45) is 3.63. The second-order valence-corrected chi connectivity index (χ2v) is 6.01. The van der Waals surface area contributed by atoms with Gasteiger partial charge in [-0.25, -0.2) is 0 Å². The Labute approximate surface area is 151 Å². The van der Waals surface area contributed by atoms with E-state index in [1.165, 1.54) is 6.92 Å². The first kappa shape index (κ1) is 17.4. The van der Waals surface area contributed by atoms with Gasteiger partial charge in [0.2, 0.25) is 5.91 Å². The van der Waals surface area contributed by atoms with Gasteiger partial charge in [0.15, 0.2) is 0 Å². The predicted molar refractivity (Wildman–Crippen MR) is 101 cm³/mol. The third-order valence-corrected chi connectivity index (χ3v) is 4.01. The van der Waals surface area contributed by atoms with Gasteiger partial charge in [-0.1, -0.05) is 18.2 Å². The fourth-order valence-electron chi connectivity index (χ4n) is 2.63. The Morgan fingerprint density at radius 2 is 1.69 bits per heavy atom. The first-order chi connectivity index (χ1) is 12.5. The Bertz CT molecular complexity index is 915. The van der Waals surface area contributed by atoms with Crippen LogP contribution < -0.4 is 10.6 Å². The zero-order chi connectivity index (χ0) is 18.5. The van der Waals surface area contributed by atoms with Crippen molar-refractivity contribution in [1.29, 1.82) is 0 Å². The van der Waals surface area contributed by atoms with Crippen molar-refractivity contribution in [3.05, 3.63) is 77.6 Å². The zero-order valence-electron chi connectivity index (χ0n) is 14.7. The number of aromatic nitrogens is 2. The first-order valence-corrected chi connectivity index (χ1v) is 8.28. The quantitative estimate of drug-likeness (QED) is 0.741. The minimum atomic E-state index is -0.196. The van der Waals surface area contributed by atoms with Crippen LogP contribution in [0.15, 0.2) is 60.9 Å². The van der Waals surface area contributed by atoms with Crippen LogP contribution in [0.1, 0.15) is 28.4 Å². The highest BCUT2D eigenvalue weighted by atomic mass is 16.2. The highest BCUT2D eigenvalue weighted by Gasteiger charge is 2.10. The maximum absolute atomic E-state index is 12.5. The van der Waals surface area contributed by atoms with Crippen LogP contribution in [0, 0.1) is 6.92 Å². The van der Waals surface area contributed by atoms with Gasteiger partial charge in [-0.2, -0.15) is 5.10 Å². The molecule has 0 aliphatic rings. The molecule has 2 aromatic carbocycles. The number of carbonyl (C=O) groups excluding carboxylic acids is 2. The lowest BCUT2D eigenvalue weighted by atomic mass is 10.1. The number of carbonyl (C=O) groups is 2. The molecule has 0 bridgehead atoms. The van der Waals surface area contributed by atoms with Gasteiger partial charge in [0.1, 0.15) is 0 Å². The minimum Gasteiger partial charge on any atom is -0.326 e. The molecule has 0 unspecified atom stereocenters. The Hall–Kier alpha value is -3.41. The van der Waals surface area contributed by atoms with E-state index in [1.54, 1.807) is 30.5 Å². The number of hydrogen-bond acceptors (Lipinski definition) is 3. The Morgan fingerprint density at radius 1 is 1.00 bits per heavy atom. The van der Waals surface area contributed by atoms with E-state index >= 15 is 0 Å². The summed E-state index contributed by atoms with van der Waals surface area (Å²) in [6.45, 7) is 3.97. The highest BCUT2D eigenvalue weighted by Crippen LogP contribution is 2.24. The van der Waals surface area contributed by atoms with Crippen molar-refractivity contribution in [3.63, 3.8) is 0 Å². The number of nitrogens with one attached hydrogen (secondary N) is 2.